The minimum absolute atomic E-state index is 0.00701. The summed E-state index contributed by atoms with van der Waals surface area (Å²) in [6, 6.07) is 9.96. The predicted molar refractivity (Wildman–Crippen MR) is 212 cm³/mol. The Bertz CT molecular complexity index is 1970. The molecule has 2 aromatic carbocycles. The van der Waals surface area contributed by atoms with Crippen molar-refractivity contribution in [2.45, 2.75) is 109 Å². The van der Waals surface area contributed by atoms with Gasteiger partial charge >= 0.3 is 18.4 Å². The van der Waals surface area contributed by atoms with E-state index in [0.29, 0.717) is 42.7 Å². The quantitative estimate of drug-likeness (QED) is 0.174. The molecular weight excluding hydrogens is 742 g/mol. The second-order valence-electron chi connectivity index (χ2n) is 17.0. The van der Waals surface area contributed by atoms with E-state index in [1.807, 2.05) is 11.9 Å². The van der Waals surface area contributed by atoms with Crippen molar-refractivity contribution in [2.75, 3.05) is 46.3 Å². The highest BCUT2D eigenvalue weighted by molar-refractivity contribution is 6.33. The van der Waals surface area contributed by atoms with Gasteiger partial charge < -0.3 is 42.8 Å². The molecule has 14 heteroatoms. The van der Waals surface area contributed by atoms with E-state index < -0.39 is 47.1 Å². The number of halogens is 1. The Morgan fingerprint density at radius 1 is 0.804 bits per heavy atom. The van der Waals surface area contributed by atoms with Crippen molar-refractivity contribution in [3.8, 4) is 22.8 Å². The van der Waals surface area contributed by atoms with Crippen molar-refractivity contribution in [1.29, 1.82) is 0 Å². The van der Waals surface area contributed by atoms with Crippen LogP contribution >= 0.6 is 11.6 Å². The molecule has 4 heterocycles. The number of rotatable bonds is 6. The summed E-state index contributed by atoms with van der Waals surface area (Å²) >= 11 is 6.60. The number of fused-ring (bicyclic) bond motifs is 1. The number of likely N-dealkylation sites (N-methyl/N-ethyl adjacent to an activating group) is 1. The van der Waals surface area contributed by atoms with Crippen LogP contribution < -0.4 is 14.9 Å². The Hall–Kier alpha value is -4.33. The standard InChI is InChI=1S/C42H54ClN3O10/c1-41(2,3)55-39(49)53-32-24-33(52-38(48)46-21-15-26(16-22-46)45-18-11-8-12-19-45)36-30(47)23-31(27-13-9-10-14-29(27)43)51-37(36)35(32)28-17-20-44(7)25-34(28)54-40(50)56-42(4,5)6/h9-10,13-14,23-24,26,28,34H,8,11-12,15-22,25H2,1-7H3/t28-,34+/m0/s1. The number of benzene rings is 2. The highest BCUT2D eigenvalue weighted by atomic mass is 35.5. The van der Waals surface area contributed by atoms with E-state index in [-0.39, 0.29) is 40.3 Å². The number of likely N-dealkylation sites (tertiary alicyclic amines) is 3. The molecule has 0 radical (unpaired) electrons. The molecule has 0 spiro atoms. The van der Waals surface area contributed by atoms with Gasteiger partial charge in [0, 0.05) is 54.9 Å². The molecule has 304 valence electrons. The molecule has 56 heavy (non-hydrogen) atoms. The van der Waals surface area contributed by atoms with Crippen LogP contribution in [0.25, 0.3) is 22.3 Å². The Morgan fingerprint density at radius 3 is 2.12 bits per heavy atom. The van der Waals surface area contributed by atoms with E-state index in [4.69, 9.17) is 39.7 Å². The molecule has 6 rings (SSSR count). The molecule has 3 aliphatic rings. The largest absolute Gasteiger partial charge is 0.514 e. The van der Waals surface area contributed by atoms with E-state index in [9.17, 15) is 19.2 Å². The summed E-state index contributed by atoms with van der Waals surface area (Å²) in [6.45, 7) is 14.3. The number of nitrogens with zero attached hydrogens (tertiary/aromatic N) is 3. The third kappa shape index (κ3) is 10.1. The van der Waals surface area contributed by atoms with Crippen molar-refractivity contribution in [1.82, 2.24) is 14.7 Å². The number of ether oxygens (including phenoxy) is 5. The van der Waals surface area contributed by atoms with Gasteiger partial charge in [0.1, 0.15) is 39.8 Å². The lowest BCUT2D eigenvalue weighted by Gasteiger charge is -2.39. The molecule has 0 saturated carbocycles. The number of amides is 1. The molecule has 3 saturated heterocycles. The fourth-order valence-corrected chi connectivity index (χ4v) is 7.97. The van der Waals surface area contributed by atoms with Gasteiger partial charge in [-0.3, -0.25) is 4.79 Å². The second-order valence-corrected chi connectivity index (χ2v) is 17.4. The van der Waals surface area contributed by atoms with Gasteiger partial charge in [-0.25, -0.2) is 14.4 Å². The molecule has 3 aliphatic heterocycles. The molecule has 3 aromatic rings. The predicted octanol–water partition coefficient (Wildman–Crippen LogP) is 8.62. The number of piperidine rings is 3. The van der Waals surface area contributed by atoms with E-state index in [1.54, 1.807) is 70.7 Å². The van der Waals surface area contributed by atoms with Crippen LogP contribution in [0, 0.1) is 0 Å². The molecule has 13 nitrogen and oxygen atoms in total. The lowest BCUT2D eigenvalue weighted by Crippen LogP contribution is -2.48. The Labute approximate surface area is 333 Å². The minimum atomic E-state index is -1.03. The molecule has 2 atom stereocenters. The zero-order chi connectivity index (χ0) is 40.4. The minimum Gasteiger partial charge on any atom is -0.455 e. The van der Waals surface area contributed by atoms with Crippen LogP contribution in [0.3, 0.4) is 0 Å². The highest BCUT2D eigenvalue weighted by Gasteiger charge is 2.39. The first-order valence-corrected chi connectivity index (χ1v) is 19.9. The fourth-order valence-electron chi connectivity index (χ4n) is 7.74. The Morgan fingerprint density at radius 2 is 1.46 bits per heavy atom. The van der Waals surface area contributed by atoms with E-state index in [0.717, 1.165) is 25.9 Å². The first-order chi connectivity index (χ1) is 26.5. The van der Waals surface area contributed by atoms with Gasteiger partial charge in [0.05, 0.1) is 5.02 Å². The van der Waals surface area contributed by atoms with E-state index in [2.05, 4.69) is 4.90 Å². The average molecular weight is 796 g/mol. The fraction of sp³-hybridized carbons (Fsp3) is 0.571. The summed E-state index contributed by atoms with van der Waals surface area (Å²) in [6.07, 6.45) is 2.24. The van der Waals surface area contributed by atoms with Gasteiger partial charge in [-0.2, -0.15) is 0 Å². The number of carbonyl (C=O) groups is 3. The van der Waals surface area contributed by atoms with Crippen LogP contribution in [0.5, 0.6) is 11.5 Å². The van der Waals surface area contributed by atoms with Gasteiger partial charge in [-0.05, 0) is 112 Å². The molecule has 1 aromatic heterocycles. The van der Waals surface area contributed by atoms with Crippen LogP contribution in [0.4, 0.5) is 14.4 Å². The summed E-state index contributed by atoms with van der Waals surface area (Å²) in [5.41, 5.74) is -1.56. The summed E-state index contributed by atoms with van der Waals surface area (Å²) in [5.74, 6) is -0.771. The average Bonchev–Trinajstić information content (AvgIpc) is 3.11. The van der Waals surface area contributed by atoms with Crippen molar-refractivity contribution in [2.24, 2.45) is 0 Å². The van der Waals surface area contributed by atoms with Gasteiger partial charge in [-0.15, -0.1) is 0 Å². The summed E-state index contributed by atoms with van der Waals surface area (Å²) in [4.78, 5) is 61.0. The summed E-state index contributed by atoms with van der Waals surface area (Å²) < 4.78 is 35.7. The van der Waals surface area contributed by atoms with E-state index in [1.165, 1.54) is 31.4 Å². The van der Waals surface area contributed by atoms with Crippen molar-refractivity contribution < 1.29 is 42.5 Å². The molecule has 0 aliphatic carbocycles. The first kappa shape index (κ1) is 41.3. The number of carbonyl (C=O) groups excluding carboxylic acids is 3. The normalized spacial score (nSPS) is 20.4. The zero-order valence-corrected chi connectivity index (χ0v) is 34.2. The third-order valence-corrected chi connectivity index (χ3v) is 10.6. The maximum atomic E-state index is 14.3. The SMILES string of the molecule is CN1CC[C@H](c2c(OC(=O)OC(C)(C)C)cc(OC(=O)N3CCC(N4CCCCC4)CC3)c3c(=O)cc(-c4ccccc4Cl)oc23)[C@H](OC(=O)OC(C)(C)C)C1. The lowest BCUT2D eigenvalue weighted by atomic mass is 9.85. The van der Waals surface area contributed by atoms with Gasteiger partial charge in [0.15, 0.2) is 11.2 Å². The van der Waals surface area contributed by atoms with Crippen LogP contribution in [0.1, 0.15) is 91.5 Å². The van der Waals surface area contributed by atoms with Crippen LogP contribution in [-0.4, -0.2) is 103 Å². The molecular formula is C42H54ClN3O10. The Balaban J connectivity index is 1.47. The Kier molecular flexibility index (Phi) is 12.6. The van der Waals surface area contributed by atoms with Crippen molar-refractivity contribution in [3.05, 3.63) is 57.2 Å². The first-order valence-electron chi connectivity index (χ1n) is 19.5. The number of hydrogen-bond donors (Lipinski definition) is 0. The summed E-state index contributed by atoms with van der Waals surface area (Å²) in [7, 11) is 1.89. The molecule has 1 amide bonds. The van der Waals surface area contributed by atoms with Crippen molar-refractivity contribution >= 4 is 41.0 Å². The van der Waals surface area contributed by atoms with Crippen LogP contribution in [-0.2, 0) is 14.2 Å². The summed E-state index contributed by atoms with van der Waals surface area (Å²) in [5, 5.41) is 0.293. The molecule has 3 fully saturated rings. The lowest BCUT2D eigenvalue weighted by molar-refractivity contribution is -0.0463. The smallest absolute Gasteiger partial charge is 0.455 e. The van der Waals surface area contributed by atoms with Crippen LogP contribution in [0.2, 0.25) is 5.02 Å². The highest BCUT2D eigenvalue weighted by Crippen LogP contribution is 2.45. The second kappa shape index (κ2) is 17.0. The zero-order valence-electron chi connectivity index (χ0n) is 33.5. The molecule has 0 N–H and O–H groups in total. The maximum absolute atomic E-state index is 14.3. The number of hydrogen-bond acceptors (Lipinski definition) is 12. The van der Waals surface area contributed by atoms with Gasteiger partial charge in [-0.1, -0.05) is 30.2 Å². The third-order valence-electron chi connectivity index (χ3n) is 10.3. The molecule has 0 bridgehead atoms. The van der Waals surface area contributed by atoms with Crippen LogP contribution in [0.15, 0.2) is 45.6 Å². The maximum Gasteiger partial charge on any atom is 0.514 e. The van der Waals surface area contributed by atoms with E-state index >= 15 is 0 Å². The molecule has 0 unspecified atom stereocenters. The topological polar surface area (TPSA) is 137 Å². The van der Waals surface area contributed by atoms with Gasteiger partial charge in [0.25, 0.3) is 0 Å². The monoisotopic (exact) mass is 795 g/mol. The van der Waals surface area contributed by atoms with Gasteiger partial charge in [0.2, 0.25) is 0 Å². The van der Waals surface area contributed by atoms with Crippen molar-refractivity contribution in [3.63, 3.8) is 0 Å².